The second-order valence-electron chi connectivity index (χ2n) is 12.2. The van der Waals surface area contributed by atoms with Crippen LogP contribution in [0.5, 0.6) is 11.5 Å². The van der Waals surface area contributed by atoms with Crippen molar-refractivity contribution in [1.29, 1.82) is 0 Å². The summed E-state index contributed by atoms with van der Waals surface area (Å²) >= 11 is 14.0. The smallest absolute Gasteiger partial charge is 0.415 e. The minimum absolute atomic E-state index is 0.0103. The number of hydrogen-bond acceptors (Lipinski definition) is 9. The lowest BCUT2D eigenvalue weighted by Crippen LogP contribution is -2.53. The Balaban J connectivity index is 0.00000168. The van der Waals surface area contributed by atoms with Crippen LogP contribution in [0, 0.1) is 16.9 Å². The number of anilines is 1. The molecular formula is C36H36Cl2FN3O9S. The van der Waals surface area contributed by atoms with Gasteiger partial charge >= 0.3 is 12.1 Å². The number of thiophene rings is 1. The SMILES string of the molecule is COc1ccc([C@H](Cc2c(Cl)c[n+]([O-])cc2Cl)c2cc(CN(C(=O)O[C@H]3CN4CCC3CC4)c3ccccc3F)sc2C(=O)O)cc1OC.O=CO. The van der Waals surface area contributed by atoms with Crippen LogP contribution in [0.3, 0.4) is 0 Å². The van der Waals surface area contributed by atoms with E-state index in [1.807, 2.05) is 0 Å². The van der Waals surface area contributed by atoms with Gasteiger partial charge in [-0.15, -0.1) is 11.3 Å². The average Bonchev–Trinajstić information content (AvgIpc) is 3.55. The molecular weight excluding hydrogens is 740 g/mol. The lowest BCUT2D eigenvalue weighted by Gasteiger charge is -2.44. The van der Waals surface area contributed by atoms with Gasteiger partial charge in [-0.3, -0.25) is 14.6 Å². The Kier molecular flexibility index (Phi) is 12.8. The Morgan fingerprint density at radius 2 is 1.75 bits per heavy atom. The van der Waals surface area contributed by atoms with Crippen LogP contribution in [-0.4, -0.2) is 73.6 Å². The Morgan fingerprint density at radius 1 is 1.10 bits per heavy atom. The first-order valence-corrected chi connectivity index (χ1v) is 17.7. The Hall–Kier alpha value is -4.63. The third-order valence-electron chi connectivity index (χ3n) is 9.18. The molecule has 0 unspecified atom stereocenters. The molecule has 16 heteroatoms. The van der Waals surface area contributed by atoms with Gasteiger partial charge in [0.1, 0.15) is 26.8 Å². The number of rotatable bonds is 11. The van der Waals surface area contributed by atoms with Crippen molar-refractivity contribution in [3.63, 3.8) is 0 Å². The van der Waals surface area contributed by atoms with E-state index in [4.69, 9.17) is 47.3 Å². The molecule has 1 amide bonds. The van der Waals surface area contributed by atoms with Crippen LogP contribution in [0.15, 0.2) is 60.9 Å². The van der Waals surface area contributed by atoms with Crippen molar-refractivity contribution in [2.45, 2.75) is 37.8 Å². The lowest BCUT2D eigenvalue weighted by molar-refractivity contribution is -0.605. The lowest BCUT2D eigenvalue weighted by atomic mass is 9.85. The molecule has 2 aromatic carbocycles. The number of aromatic carboxylic acids is 1. The van der Waals surface area contributed by atoms with E-state index in [-0.39, 0.29) is 52.1 Å². The Morgan fingerprint density at radius 3 is 2.33 bits per heavy atom. The highest BCUT2D eigenvalue weighted by Gasteiger charge is 2.38. The number of fused-ring (bicyclic) bond motifs is 3. The fourth-order valence-corrected chi connectivity index (χ4v) is 8.33. The van der Waals surface area contributed by atoms with Crippen LogP contribution in [0.2, 0.25) is 10.0 Å². The van der Waals surface area contributed by atoms with E-state index in [0.717, 1.165) is 37.3 Å². The number of benzene rings is 2. The number of carboxylic acids is 1. The number of carboxylic acid groups (broad SMARTS) is 2. The summed E-state index contributed by atoms with van der Waals surface area (Å²) in [7, 11) is 3.00. The highest BCUT2D eigenvalue weighted by atomic mass is 35.5. The molecule has 52 heavy (non-hydrogen) atoms. The van der Waals surface area contributed by atoms with Gasteiger partial charge in [-0.25, -0.2) is 14.0 Å². The second kappa shape index (κ2) is 17.3. The zero-order valence-corrected chi connectivity index (χ0v) is 30.5. The minimum atomic E-state index is -1.19. The molecule has 276 valence electrons. The number of methoxy groups -OCH3 is 2. The number of ether oxygens (including phenoxy) is 3. The summed E-state index contributed by atoms with van der Waals surface area (Å²) in [4.78, 5) is 39.0. The molecule has 0 radical (unpaired) electrons. The number of pyridine rings is 1. The molecule has 12 nitrogen and oxygen atoms in total. The van der Waals surface area contributed by atoms with Gasteiger partial charge in [0.15, 0.2) is 23.9 Å². The van der Waals surface area contributed by atoms with Gasteiger partial charge in [0, 0.05) is 22.9 Å². The molecule has 2 aromatic heterocycles. The topological polar surface area (TPSA) is 153 Å². The molecule has 3 aliphatic heterocycles. The summed E-state index contributed by atoms with van der Waals surface area (Å²) in [5.41, 5.74) is 1.52. The summed E-state index contributed by atoms with van der Waals surface area (Å²) in [6, 6.07) is 12.8. The maximum Gasteiger partial charge on any atom is 0.415 e. The van der Waals surface area contributed by atoms with E-state index >= 15 is 4.39 Å². The summed E-state index contributed by atoms with van der Waals surface area (Å²) in [6.45, 7) is 2.15. The summed E-state index contributed by atoms with van der Waals surface area (Å²) in [5, 5.41) is 29.6. The van der Waals surface area contributed by atoms with E-state index in [2.05, 4.69) is 4.90 Å². The summed E-state index contributed by atoms with van der Waals surface area (Å²) in [6.07, 6.45) is 3.30. The first-order valence-electron chi connectivity index (χ1n) is 16.1. The van der Waals surface area contributed by atoms with Gasteiger partial charge < -0.3 is 29.6 Å². The third-order valence-corrected chi connectivity index (χ3v) is 11.0. The molecule has 2 bridgehead atoms. The van der Waals surface area contributed by atoms with Crippen LogP contribution in [-0.2, 0) is 22.5 Å². The normalized spacial score (nSPS) is 18.1. The number of halogens is 3. The van der Waals surface area contributed by atoms with Crippen molar-refractivity contribution in [2.75, 3.05) is 38.8 Å². The van der Waals surface area contributed by atoms with Crippen molar-refractivity contribution in [3.8, 4) is 11.5 Å². The third kappa shape index (κ3) is 8.69. The number of carbonyl (C=O) groups excluding carboxylic acids is 1. The average molecular weight is 777 g/mol. The number of hydrogen-bond donors (Lipinski definition) is 2. The molecule has 2 N–H and O–H groups in total. The van der Waals surface area contributed by atoms with Crippen molar-refractivity contribution >= 4 is 58.8 Å². The zero-order valence-electron chi connectivity index (χ0n) is 28.2. The molecule has 3 aliphatic rings. The number of amides is 1. The van der Waals surface area contributed by atoms with Crippen LogP contribution in [0.4, 0.5) is 14.9 Å². The van der Waals surface area contributed by atoms with Crippen molar-refractivity contribution in [3.05, 3.63) is 108 Å². The van der Waals surface area contributed by atoms with Crippen molar-refractivity contribution in [2.24, 2.45) is 5.92 Å². The largest absolute Gasteiger partial charge is 0.619 e. The maximum atomic E-state index is 15.3. The number of para-hydroxylation sites is 1. The number of piperidine rings is 3. The van der Waals surface area contributed by atoms with E-state index in [9.17, 15) is 19.9 Å². The molecule has 0 spiro atoms. The highest BCUT2D eigenvalue weighted by Crippen LogP contribution is 2.41. The number of aromatic nitrogens is 1. The van der Waals surface area contributed by atoms with Gasteiger partial charge in [-0.05, 0) is 79.7 Å². The van der Waals surface area contributed by atoms with Gasteiger partial charge in [0.05, 0.1) is 26.5 Å². The van der Waals surface area contributed by atoms with E-state index in [0.29, 0.717) is 44.3 Å². The van der Waals surface area contributed by atoms with Crippen molar-refractivity contribution in [1.82, 2.24) is 4.90 Å². The molecule has 2 atom stereocenters. The first kappa shape index (κ1) is 38.6. The summed E-state index contributed by atoms with van der Waals surface area (Å²) < 4.78 is 32.7. The van der Waals surface area contributed by atoms with Gasteiger partial charge in [-0.2, -0.15) is 4.73 Å². The predicted octanol–water partition coefficient (Wildman–Crippen LogP) is 6.86. The highest BCUT2D eigenvalue weighted by molar-refractivity contribution is 7.14. The van der Waals surface area contributed by atoms with E-state index in [1.165, 1.54) is 49.7 Å². The molecule has 3 saturated heterocycles. The summed E-state index contributed by atoms with van der Waals surface area (Å²) in [5.74, 6) is -1.34. The van der Waals surface area contributed by atoms with Gasteiger partial charge in [0.2, 0.25) is 0 Å². The van der Waals surface area contributed by atoms with Crippen LogP contribution in [0.1, 0.15) is 50.0 Å². The molecule has 3 fully saturated rings. The maximum absolute atomic E-state index is 15.3. The van der Waals surface area contributed by atoms with Gasteiger partial charge in [0.25, 0.3) is 6.47 Å². The molecule has 4 aromatic rings. The quantitative estimate of drug-likeness (QED) is 0.0940. The Labute approximate surface area is 313 Å². The second-order valence-corrected chi connectivity index (χ2v) is 14.1. The van der Waals surface area contributed by atoms with Crippen LogP contribution >= 0.6 is 34.5 Å². The first-order chi connectivity index (χ1) is 25.0. The Bertz CT molecular complexity index is 1900. The molecule has 0 aliphatic carbocycles. The number of carbonyl (C=O) groups is 3. The standard InChI is InChI=1S/C35H34Cl2FN3O7S.CH2O2/c1-46-30-8-7-21(13-31(30)47-2)23(15-25-26(36)17-40(45)18-27(25)37)24-14-22(49-33(24)34(42)43)16-41(29-6-4-3-5-28(29)38)35(44)48-32-19-39-11-9-20(32)10-12-39;2-1-3/h3-8,13-14,17-18,20,23,32H,9-12,15-16,19H2,1-2H3,(H,42,43);1H,(H,2,3)/t23-,32-;/m0./s1. The van der Waals surface area contributed by atoms with Crippen LogP contribution in [0.25, 0.3) is 0 Å². The van der Waals surface area contributed by atoms with E-state index < -0.39 is 23.8 Å². The van der Waals surface area contributed by atoms with Crippen molar-refractivity contribution < 1.29 is 47.9 Å². The van der Waals surface area contributed by atoms with E-state index in [1.54, 1.807) is 30.3 Å². The fraction of sp³-hybridized carbons (Fsp3) is 0.333. The zero-order chi connectivity index (χ0) is 37.5. The van der Waals surface area contributed by atoms with Crippen LogP contribution < -0.4 is 19.1 Å². The number of nitrogens with zero attached hydrogens (tertiary/aromatic N) is 3. The fourth-order valence-electron chi connectivity index (χ4n) is 6.68. The molecule has 7 rings (SSSR count). The predicted molar refractivity (Wildman–Crippen MR) is 193 cm³/mol. The molecule has 0 saturated carbocycles. The van der Waals surface area contributed by atoms with Gasteiger partial charge in [-0.1, -0.05) is 41.4 Å². The molecule has 5 heterocycles. The minimum Gasteiger partial charge on any atom is -0.619 e. The monoisotopic (exact) mass is 775 g/mol.